The molecule has 1 unspecified atom stereocenters. The van der Waals surface area contributed by atoms with E-state index in [1.807, 2.05) is 31.2 Å². The molecule has 0 fully saturated rings. The molecule has 0 radical (unpaired) electrons. The van der Waals surface area contributed by atoms with Crippen LogP contribution in [0.25, 0.3) is 11.0 Å². The molecule has 0 bridgehead atoms. The van der Waals surface area contributed by atoms with Crippen molar-refractivity contribution >= 4 is 22.6 Å². The summed E-state index contributed by atoms with van der Waals surface area (Å²) in [4.78, 5) is 13.2. The zero-order valence-electron chi connectivity index (χ0n) is 15.5. The summed E-state index contributed by atoms with van der Waals surface area (Å²) in [5.74, 6) is 0.817. The van der Waals surface area contributed by atoms with Crippen molar-refractivity contribution in [2.45, 2.75) is 26.9 Å². The number of hydrogen-bond acceptors (Lipinski definition) is 3. The second-order valence-electron chi connectivity index (χ2n) is 6.79. The van der Waals surface area contributed by atoms with E-state index >= 15 is 0 Å². The fourth-order valence-electron chi connectivity index (χ4n) is 3.23. The molecule has 1 aromatic heterocycles. The Morgan fingerprint density at radius 3 is 2.46 bits per heavy atom. The van der Waals surface area contributed by atoms with E-state index in [-0.39, 0.29) is 5.63 Å². The van der Waals surface area contributed by atoms with Crippen molar-refractivity contribution in [3.8, 4) is 5.75 Å². The first kappa shape index (κ1) is 18.5. The van der Waals surface area contributed by atoms with Crippen molar-refractivity contribution in [1.29, 1.82) is 0 Å². The quantitative estimate of drug-likeness (QED) is 0.699. The molecule has 5 heteroatoms. The molecule has 0 spiro atoms. The van der Waals surface area contributed by atoms with Gasteiger partial charge >= 0.3 is 5.63 Å². The second-order valence-corrected chi connectivity index (χ2v) is 7.23. The lowest BCUT2D eigenvalue weighted by molar-refractivity contribution is -0.907. The Hall–Kier alpha value is -2.30. The molecule has 0 aliphatic heterocycles. The molecule has 4 nitrogen and oxygen atoms in total. The number of quaternary nitrogens is 1. The van der Waals surface area contributed by atoms with E-state index in [1.54, 1.807) is 13.2 Å². The topological polar surface area (TPSA) is 43.9 Å². The highest BCUT2D eigenvalue weighted by molar-refractivity contribution is 6.30. The number of rotatable bonds is 5. The summed E-state index contributed by atoms with van der Waals surface area (Å²) >= 11 is 6.13. The Morgan fingerprint density at radius 2 is 1.73 bits per heavy atom. The van der Waals surface area contributed by atoms with Crippen LogP contribution in [0.15, 0.2) is 45.6 Å². The van der Waals surface area contributed by atoms with Crippen molar-refractivity contribution in [2.24, 2.45) is 0 Å². The standard InChI is InChI=1S/C21H22ClNO3/c1-13-7-18-15(10-21(24)26-20(18)8-14(13)2)11-23(3)12-16-9-17(22)5-6-19(16)25-4/h5-10H,11-12H2,1-4H3/p+1. The SMILES string of the molecule is COc1ccc(Cl)cc1C[NH+](C)Cc1cc(=O)oc2cc(C)c(C)cc12. The van der Waals surface area contributed by atoms with Gasteiger partial charge in [-0.15, -0.1) is 0 Å². The molecule has 1 atom stereocenters. The van der Waals surface area contributed by atoms with Crippen molar-refractivity contribution < 1.29 is 14.1 Å². The lowest BCUT2D eigenvalue weighted by Crippen LogP contribution is -3.06. The number of ether oxygens (including phenoxy) is 1. The third kappa shape index (κ3) is 3.92. The van der Waals surface area contributed by atoms with E-state index in [1.165, 1.54) is 10.5 Å². The minimum atomic E-state index is -0.316. The third-order valence-corrected chi connectivity index (χ3v) is 4.91. The van der Waals surface area contributed by atoms with Crippen molar-refractivity contribution in [3.63, 3.8) is 0 Å². The van der Waals surface area contributed by atoms with Crippen LogP contribution in [0.5, 0.6) is 5.75 Å². The van der Waals surface area contributed by atoms with Gasteiger partial charge in [-0.1, -0.05) is 11.6 Å². The Labute approximate surface area is 158 Å². The van der Waals surface area contributed by atoms with E-state index in [2.05, 4.69) is 20.0 Å². The first-order valence-electron chi connectivity index (χ1n) is 8.55. The molecule has 3 aromatic rings. The molecule has 1 heterocycles. The monoisotopic (exact) mass is 372 g/mol. The summed E-state index contributed by atoms with van der Waals surface area (Å²) in [6.45, 7) is 5.51. The predicted octanol–water partition coefficient (Wildman–Crippen LogP) is 3.29. The van der Waals surface area contributed by atoms with Gasteiger partial charge < -0.3 is 14.1 Å². The lowest BCUT2D eigenvalue weighted by atomic mass is 10.0. The Kier molecular flexibility index (Phi) is 5.35. The summed E-state index contributed by atoms with van der Waals surface area (Å²) in [6.07, 6.45) is 0. The van der Waals surface area contributed by atoms with Crippen LogP contribution < -0.4 is 15.3 Å². The molecule has 3 rings (SSSR count). The van der Waals surface area contributed by atoms with Crippen LogP contribution in [0.1, 0.15) is 22.3 Å². The van der Waals surface area contributed by atoms with E-state index in [0.717, 1.165) is 34.4 Å². The van der Waals surface area contributed by atoms with Gasteiger partial charge in [-0.2, -0.15) is 0 Å². The van der Waals surface area contributed by atoms with E-state index in [9.17, 15) is 4.79 Å². The molecule has 136 valence electrons. The number of halogens is 1. The van der Waals surface area contributed by atoms with Crippen molar-refractivity contribution in [3.05, 3.63) is 74.1 Å². The highest BCUT2D eigenvalue weighted by atomic mass is 35.5. The number of benzene rings is 2. The number of fused-ring (bicyclic) bond motifs is 1. The summed E-state index contributed by atoms with van der Waals surface area (Å²) in [6, 6.07) is 11.2. The molecule has 0 aliphatic carbocycles. The maximum Gasteiger partial charge on any atom is 0.336 e. The van der Waals surface area contributed by atoms with Crippen LogP contribution >= 0.6 is 11.6 Å². The largest absolute Gasteiger partial charge is 0.496 e. The van der Waals surface area contributed by atoms with E-state index in [0.29, 0.717) is 17.2 Å². The number of nitrogens with one attached hydrogen (secondary N) is 1. The van der Waals surface area contributed by atoms with E-state index < -0.39 is 0 Å². The lowest BCUT2D eigenvalue weighted by Gasteiger charge is -2.17. The normalized spacial score (nSPS) is 12.3. The van der Waals surface area contributed by atoms with Gasteiger partial charge in [0.2, 0.25) is 0 Å². The maximum absolute atomic E-state index is 12.0. The van der Waals surface area contributed by atoms with Gasteiger partial charge in [0.05, 0.1) is 14.2 Å². The van der Waals surface area contributed by atoms with Gasteiger partial charge in [0.15, 0.2) is 0 Å². The van der Waals surface area contributed by atoms with Gasteiger partial charge in [0, 0.05) is 27.6 Å². The number of aryl methyl sites for hydroxylation is 2. The zero-order chi connectivity index (χ0) is 18.8. The molecule has 0 saturated heterocycles. The van der Waals surface area contributed by atoms with Crippen LogP contribution in [0.4, 0.5) is 0 Å². The minimum Gasteiger partial charge on any atom is -0.496 e. The fourth-order valence-corrected chi connectivity index (χ4v) is 3.42. The Bertz CT molecular complexity index is 1010. The average molecular weight is 373 g/mol. The van der Waals surface area contributed by atoms with Gasteiger partial charge in [0.25, 0.3) is 0 Å². The predicted molar refractivity (Wildman–Crippen MR) is 104 cm³/mol. The summed E-state index contributed by atoms with van der Waals surface area (Å²) in [7, 11) is 3.74. The molecule has 26 heavy (non-hydrogen) atoms. The van der Waals surface area contributed by atoms with Crippen molar-refractivity contribution in [1.82, 2.24) is 0 Å². The molecule has 0 saturated carbocycles. The minimum absolute atomic E-state index is 0.316. The number of hydrogen-bond donors (Lipinski definition) is 1. The first-order valence-corrected chi connectivity index (χ1v) is 8.93. The molecular weight excluding hydrogens is 350 g/mol. The van der Waals surface area contributed by atoms with Crippen LogP contribution in [0.2, 0.25) is 5.02 Å². The Balaban J connectivity index is 1.92. The van der Waals surface area contributed by atoms with Gasteiger partial charge in [0.1, 0.15) is 24.4 Å². The second kappa shape index (κ2) is 7.52. The van der Waals surface area contributed by atoms with Crippen LogP contribution in [0, 0.1) is 13.8 Å². The summed E-state index contributed by atoms with van der Waals surface area (Å²) in [5.41, 5.74) is 4.64. The van der Waals surface area contributed by atoms with Crippen LogP contribution in [0.3, 0.4) is 0 Å². The van der Waals surface area contributed by atoms with Crippen molar-refractivity contribution in [2.75, 3.05) is 14.2 Å². The van der Waals surface area contributed by atoms with Gasteiger partial charge in [-0.25, -0.2) is 4.79 Å². The summed E-state index contributed by atoms with van der Waals surface area (Å²) in [5, 5.41) is 1.68. The van der Waals surface area contributed by atoms with Gasteiger partial charge in [-0.3, -0.25) is 0 Å². The molecular formula is C21H23ClNO3+. The van der Waals surface area contributed by atoms with Gasteiger partial charge in [-0.05, 0) is 55.3 Å². The molecule has 0 aliphatic rings. The molecule has 1 N–H and O–H groups in total. The van der Waals surface area contributed by atoms with Crippen LogP contribution in [-0.2, 0) is 13.1 Å². The average Bonchev–Trinajstić information content (AvgIpc) is 2.57. The van der Waals surface area contributed by atoms with Crippen LogP contribution in [-0.4, -0.2) is 14.2 Å². The maximum atomic E-state index is 12.0. The fraction of sp³-hybridized carbons (Fsp3) is 0.286. The summed E-state index contributed by atoms with van der Waals surface area (Å²) < 4.78 is 10.8. The molecule has 0 amide bonds. The zero-order valence-corrected chi connectivity index (χ0v) is 16.2. The first-order chi connectivity index (χ1) is 12.4. The Morgan fingerprint density at radius 1 is 1.04 bits per heavy atom. The molecule has 2 aromatic carbocycles. The number of methoxy groups -OCH3 is 1. The highest BCUT2D eigenvalue weighted by Gasteiger charge is 2.14. The third-order valence-electron chi connectivity index (χ3n) is 4.67. The smallest absolute Gasteiger partial charge is 0.336 e. The van der Waals surface area contributed by atoms with E-state index in [4.69, 9.17) is 20.8 Å². The highest BCUT2D eigenvalue weighted by Crippen LogP contribution is 2.23.